The zero-order chi connectivity index (χ0) is 22.5. The molecular formula is C26H28BrNO4. The van der Waals surface area contributed by atoms with Crippen molar-refractivity contribution >= 4 is 21.7 Å². The average Bonchev–Trinajstić information content (AvgIpc) is 2.80. The summed E-state index contributed by atoms with van der Waals surface area (Å²) < 4.78 is 18.8. The molecule has 0 amide bonds. The number of benzene rings is 2. The molecule has 6 heteroatoms. The summed E-state index contributed by atoms with van der Waals surface area (Å²) in [7, 11) is 5.44. The molecule has 0 aromatic heterocycles. The molecule has 2 aliphatic carbocycles. The van der Waals surface area contributed by atoms with E-state index in [2.05, 4.69) is 46.1 Å². The second kappa shape index (κ2) is 8.23. The van der Waals surface area contributed by atoms with Gasteiger partial charge in [0.1, 0.15) is 6.61 Å². The smallest absolute Gasteiger partial charge is 0.197 e. The first-order valence-corrected chi connectivity index (χ1v) is 11.8. The van der Waals surface area contributed by atoms with Crippen molar-refractivity contribution in [2.75, 3.05) is 27.8 Å². The number of hydrogen-bond acceptors (Lipinski definition) is 5. The number of likely N-dealkylation sites (tertiary alicyclic amines) is 1. The number of Topliss-reactive ketones (excluding diaryl/α,β-unsaturated/α-hetero) is 1. The van der Waals surface area contributed by atoms with E-state index in [4.69, 9.17) is 14.2 Å². The Morgan fingerprint density at radius 3 is 2.69 bits per heavy atom. The number of likely N-dealkylation sites (N-methyl/N-ethyl adjacent to an activating group) is 1. The number of hydrogen-bond donors (Lipinski definition) is 0. The maximum Gasteiger partial charge on any atom is 0.197 e. The predicted octanol–water partition coefficient (Wildman–Crippen LogP) is 4.65. The second-order valence-electron chi connectivity index (χ2n) is 9.04. The van der Waals surface area contributed by atoms with Gasteiger partial charge in [0.15, 0.2) is 23.0 Å². The van der Waals surface area contributed by atoms with E-state index in [0.717, 1.165) is 40.7 Å². The molecule has 2 aromatic rings. The van der Waals surface area contributed by atoms with Crippen molar-refractivity contribution in [1.29, 1.82) is 0 Å². The van der Waals surface area contributed by atoms with Gasteiger partial charge in [-0.3, -0.25) is 4.79 Å². The topological polar surface area (TPSA) is 48.0 Å². The van der Waals surface area contributed by atoms with E-state index in [1.54, 1.807) is 14.2 Å². The van der Waals surface area contributed by atoms with E-state index >= 15 is 0 Å². The van der Waals surface area contributed by atoms with E-state index < -0.39 is 0 Å². The number of carbonyl (C=O) groups is 1. The Bertz CT molecular complexity index is 1080. The summed E-state index contributed by atoms with van der Waals surface area (Å²) in [6.07, 6.45) is 4.27. The number of ether oxygens (including phenoxy) is 3. The molecule has 0 N–H and O–H groups in total. The van der Waals surface area contributed by atoms with Crippen molar-refractivity contribution in [3.8, 4) is 11.5 Å². The fraction of sp³-hybridized carbons (Fsp3) is 0.423. The molecule has 0 radical (unpaired) electrons. The molecule has 0 saturated carbocycles. The third-order valence-electron chi connectivity index (χ3n) is 7.49. The number of fused-ring (bicyclic) bond motifs is 1. The SMILES string of the molecule is COC1=C[C@@H]2[C@@H]3Cc4c(Br)cc(OC)c(OCc5ccccc5)c4[C@]2(CCN3C)CC1=O. The summed E-state index contributed by atoms with van der Waals surface area (Å²) in [5, 5.41) is 0. The largest absolute Gasteiger partial charge is 0.493 e. The van der Waals surface area contributed by atoms with Gasteiger partial charge in [0.05, 0.1) is 14.2 Å². The lowest BCUT2D eigenvalue weighted by Crippen LogP contribution is -2.60. The Morgan fingerprint density at radius 2 is 1.97 bits per heavy atom. The summed E-state index contributed by atoms with van der Waals surface area (Å²) in [6.45, 7) is 1.39. The molecule has 0 spiro atoms. The van der Waals surface area contributed by atoms with Gasteiger partial charge in [0.2, 0.25) is 0 Å². The Balaban J connectivity index is 1.69. The van der Waals surface area contributed by atoms with Crippen LogP contribution < -0.4 is 9.47 Å². The highest BCUT2D eigenvalue weighted by molar-refractivity contribution is 9.10. The average molecular weight is 498 g/mol. The van der Waals surface area contributed by atoms with E-state index in [1.165, 1.54) is 5.56 Å². The molecule has 168 valence electrons. The van der Waals surface area contributed by atoms with Gasteiger partial charge in [-0.25, -0.2) is 0 Å². The third kappa shape index (κ3) is 3.27. The van der Waals surface area contributed by atoms with Crippen molar-refractivity contribution in [2.45, 2.75) is 37.3 Å². The summed E-state index contributed by atoms with van der Waals surface area (Å²) in [4.78, 5) is 15.5. The van der Waals surface area contributed by atoms with E-state index in [1.807, 2.05) is 24.3 Å². The number of allylic oxidation sites excluding steroid dienone is 1. The van der Waals surface area contributed by atoms with Crippen molar-refractivity contribution in [2.24, 2.45) is 5.92 Å². The fourth-order valence-electron chi connectivity index (χ4n) is 5.91. The molecular weight excluding hydrogens is 470 g/mol. The maximum atomic E-state index is 13.1. The van der Waals surface area contributed by atoms with Crippen molar-refractivity contribution < 1.29 is 19.0 Å². The highest BCUT2D eigenvalue weighted by atomic mass is 79.9. The second-order valence-corrected chi connectivity index (χ2v) is 9.89. The van der Waals surface area contributed by atoms with Crippen LogP contribution in [-0.4, -0.2) is 44.5 Å². The maximum absolute atomic E-state index is 13.1. The van der Waals surface area contributed by atoms with Gasteiger partial charge in [-0.15, -0.1) is 0 Å². The molecule has 3 atom stereocenters. The molecule has 1 saturated heterocycles. The molecule has 1 aliphatic heterocycles. The number of nitrogens with zero attached hydrogens (tertiary/aromatic N) is 1. The lowest BCUT2D eigenvalue weighted by Gasteiger charge is -2.57. The van der Waals surface area contributed by atoms with Crippen molar-refractivity contribution in [3.05, 3.63) is 69.4 Å². The van der Waals surface area contributed by atoms with Gasteiger partial charge < -0.3 is 19.1 Å². The van der Waals surface area contributed by atoms with Crippen LogP contribution in [0.3, 0.4) is 0 Å². The lowest BCUT2D eigenvalue weighted by atomic mass is 9.53. The van der Waals surface area contributed by atoms with Gasteiger partial charge in [0.25, 0.3) is 0 Å². The molecule has 32 heavy (non-hydrogen) atoms. The lowest BCUT2D eigenvalue weighted by molar-refractivity contribution is -0.122. The van der Waals surface area contributed by atoms with Crippen molar-refractivity contribution in [3.63, 3.8) is 0 Å². The number of piperidine rings is 1. The van der Waals surface area contributed by atoms with E-state index in [0.29, 0.717) is 30.6 Å². The molecule has 1 heterocycles. The van der Waals surface area contributed by atoms with Gasteiger partial charge in [-0.05, 0) is 49.7 Å². The fourth-order valence-corrected chi connectivity index (χ4v) is 6.48. The van der Waals surface area contributed by atoms with E-state index in [9.17, 15) is 4.79 Å². The Hall–Kier alpha value is -2.31. The Kier molecular flexibility index (Phi) is 5.54. The van der Waals surface area contributed by atoms with Gasteiger partial charge >= 0.3 is 0 Å². The minimum atomic E-state index is -0.326. The highest BCUT2D eigenvalue weighted by Gasteiger charge is 2.57. The van der Waals surface area contributed by atoms with Crippen LogP contribution in [0.5, 0.6) is 11.5 Å². The van der Waals surface area contributed by atoms with Crippen LogP contribution in [0, 0.1) is 5.92 Å². The molecule has 3 aliphatic rings. The zero-order valence-electron chi connectivity index (χ0n) is 18.7. The van der Waals surface area contributed by atoms with E-state index in [-0.39, 0.29) is 17.1 Å². The first-order valence-electron chi connectivity index (χ1n) is 11.0. The zero-order valence-corrected chi connectivity index (χ0v) is 20.3. The van der Waals surface area contributed by atoms with Crippen LogP contribution in [0.4, 0.5) is 0 Å². The Labute approximate surface area is 197 Å². The number of carbonyl (C=O) groups excluding carboxylic acids is 1. The summed E-state index contributed by atoms with van der Waals surface area (Å²) in [6, 6.07) is 12.5. The van der Waals surface area contributed by atoms with Crippen LogP contribution >= 0.6 is 15.9 Å². The Morgan fingerprint density at radius 1 is 1.19 bits per heavy atom. The summed E-state index contributed by atoms with van der Waals surface area (Å²) >= 11 is 3.81. The van der Waals surface area contributed by atoms with Gasteiger partial charge in [-0.2, -0.15) is 0 Å². The first kappa shape index (κ1) is 21.5. The van der Waals surface area contributed by atoms with Crippen LogP contribution in [0.1, 0.15) is 29.5 Å². The molecule has 2 aromatic carbocycles. The number of ketones is 1. The quantitative estimate of drug-likeness (QED) is 0.601. The molecule has 5 rings (SSSR count). The molecule has 5 nitrogen and oxygen atoms in total. The summed E-state index contributed by atoms with van der Waals surface area (Å²) in [5.41, 5.74) is 3.13. The predicted molar refractivity (Wildman–Crippen MR) is 126 cm³/mol. The minimum Gasteiger partial charge on any atom is -0.493 e. The standard InChI is InChI=1S/C26H28BrNO4/c1-28-10-9-26-14-21(29)22(30-2)12-18(26)20(28)11-17-19(27)13-23(31-3)25(24(17)26)32-15-16-7-5-4-6-8-16/h4-8,12-13,18,20H,9-11,14-15H2,1-3H3/t18-,20+,26-/m1/s1. The van der Waals surface area contributed by atoms with Gasteiger partial charge in [0, 0.05) is 33.8 Å². The summed E-state index contributed by atoms with van der Waals surface area (Å²) in [5.74, 6) is 2.20. The molecule has 0 unspecified atom stereocenters. The monoisotopic (exact) mass is 497 g/mol. The number of rotatable bonds is 5. The highest BCUT2D eigenvalue weighted by Crippen LogP contribution is 2.59. The van der Waals surface area contributed by atoms with Gasteiger partial charge in [-0.1, -0.05) is 46.3 Å². The normalized spacial score (nSPS) is 26.6. The third-order valence-corrected chi connectivity index (χ3v) is 8.19. The number of halogens is 1. The first-order chi connectivity index (χ1) is 15.5. The van der Waals surface area contributed by atoms with Crippen LogP contribution in [0.15, 0.2) is 52.7 Å². The van der Waals surface area contributed by atoms with Crippen LogP contribution in [0.25, 0.3) is 0 Å². The van der Waals surface area contributed by atoms with Crippen LogP contribution in [0.2, 0.25) is 0 Å². The van der Waals surface area contributed by atoms with Crippen LogP contribution in [-0.2, 0) is 28.0 Å². The molecule has 1 fully saturated rings. The molecule has 2 bridgehead atoms. The van der Waals surface area contributed by atoms with Crippen molar-refractivity contribution in [1.82, 2.24) is 4.90 Å². The number of methoxy groups -OCH3 is 2. The minimum absolute atomic E-state index is 0.0628.